The average Bonchev–Trinajstić information content (AvgIpc) is 2.17. The first-order chi connectivity index (χ1) is 5.33. The fourth-order valence-corrected chi connectivity index (χ4v) is 1.03. The third kappa shape index (κ3) is 2.58. The monoisotopic (exact) mass is 146 g/mol. The second kappa shape index (κ2) is 3.97. The van der Waals surface area contributed by atoms with Gasteiger partial charge >= 0.3 is 0 Å². The van der Waals surface area contributed by atoms with Crippen molar-refractivity contribution in [1.82, 2.24) is 0 Å². The minimum atomic E-state index is 0.564. The van der Waals surface area contributed by atoms with Crippen molar-refractivity contribution in [2.45, 2.75) is 13.8 Å². The maximum atomic E-state index is 2.20. The first-order valence-electron chi connectivity index (χ1n) is 4.02. The Morgan fingerprint density at radius 1 is 1.36 bits per heavy atom. The zero-order valence-corrected chi connectivity index (χ0v) is 7.12. The molecule has 0 heterocycles. The number of hydrogen-bond donors (Lipinski definition) is 0. The molecule has 0 bridgehead atoms. The molecule has 0 saturated heterocycles. The quantitative estimate of drug-likeness (QED) is 0.532. The summed E-state index contributed by atoms with van der Waals surface area (Å²) in [5.41, 5.74) is 1.27. The number of allylic oxidation sites excluding steroid dienone is 8. The van der Waals surface area contributed by atoms with Crippen LogP contribution < -0.4 is 0 Å². The Bertz CT molecular complexity index is 226. The van der Waals surface area contributed by atoms with E-state index >= 15 is 0 Å². The van der Waals surface area contributed by atoms with Crippen LogP contribution in [0.2, 0.25) is 0 Å². The molecule has 0 spiro atoms. The van der Waals surface area contributed by atoms with Crippen molar-refractivity contribution in [3.8, 4) is 0 Å². The highest BCUT2D eigenvalue weighted by Gasteiger charge is 1.92. The third-order valence-electron chi connectivity index (χ3n) is 1.65. The molecule has 0 aromatic carbocycles. The highest BCUT2D eigenvalue weighted by molar-refractivity contribution is 5.36. The summed E-state index contributed by atoms with van der Waals surface area (Å²) in [5, 5.41) is 0. The van der Waals surface area contributed by atoms with E-state index in [4.69, 9.17) is 0 Å². The lowest BCUT2D eigenvalue weighted by atomic mass is 10.1. The normalized spacial score (nSPS) is 23.8. The van der Waals surface area contributed by atoms with E-state index in [1.54, 1.807) is 0 Å². The molecule has 1 aliphatic carbocycles. The summed E-state index contributed by atoms with van der Waals surface area (Å²) in [6.45, 7) is 4.21. The minimum Gasteiger partial charge on any atom is -0.0871 e. The molecular formula is C11H14. The predicted octanol–water partition coefficient (Wildman–Crippen LogP) is 3.25. The van der Waals surface area contributed by atoms with Gasteiger partial charge < -0.3 is 0 Å². The molecule has 1 rings (SSSR count). The molecule has 0 amide bonds. The van der Waals surface area contributed by atoms with Crippen LogP contribution in [-0.4, -0.2) is 0 Å². The van der Waals surface area contributed by atoms with E-state index in [2.05, 4.69) is 49.5 Å². The molecule has 0 aliphatic heterocycles. The Morgan fingerprint density at radius 3 is 2.91 bits per heavy atom. The number of rotatable bonds is 1. The van der Waals surface area contributed by atoms with Crippen molar-refractivity contribution in [2.75, 3.05) is 0 Å². The first kappa shape index (κ1) is 8.06. The smallest absolute Gasteiger partial charge is 0.00754 e. The van der Waals surface area contributed by atoms with Gasteiger partial charge in [0, 0.05) is 0 Å². The van der Waals surface area contributed by atoms with Gasteiger partial charge in [-0.05, 0) is 18.4 Å². The van der Waals surface area contributed by atoms with Gasteiger partial charge in [0.15, 0.2) is 0 Å². The molecule has 0 N–H and O–H groups in total. The van der Waals surface area contributed by atoms with Crippen LogP contribution in [0.15, 0.2) is 48.1 Å². The van der Waals surface area contributed by atoms with Gasteiger partial charge in [0.2, 0.25) is 0 Å². The van der Waals surface area contributed by atoms with Crippen molar-refractivity contribution in [3.63, 3.8) is 0 Å². The van der Waals surface area contributed by atoms with E-state index in [1.165, 1.54) is 5.57 Å². The summed E-state index contributed by atoms with van der Waals surface area (Å²) < 4.78 is 0. The van der Waals surface area contributed by atoms with Gasteiger partial charge in [-0.15, -0.1) is 0 Å². The summed E-state index contributed by atoms with van der Waals surface area (Å²) in [4.78, 5) is 0. The van der Waals surface area contributed by atoms with Crippen molar-refractivity contribution in [3.05, 3.63) is 48.1 Å². The summed E-state index contributed by atoms with van der Waals surface area (Å²) in [6, 6.07) is 0. The van der Waals surface area contributed by atoms with Crippen LogP contribution in [-0.2, 0) is 0 Å². The van der Waals surface area contributed by atoms with Crippen molar-refractivity contribution in [2.24, 2.45) is 5.92 Å². The van der Waals surface area contributed by atoms with Crippen LogP contribution in [0.3, 0.4) is 0 Å². The molecule has 0 aromatic rings. The van der Waals surface area contributed by atoms with Crippen molar-refractivity contribution < 1.29 is 0 Å². The Labute approximate surface area is 68.6 Å². The molecule has 11 heavy (non-hydrogen) atoms. The molecule has 58 valence electrons. The Hall–Kier alpha value is -1.04. The van der Waals surface area contributed by atoms with E-state index in [9.17, 15) is 0 Å². The third-order valence-corrected chi connectivity index (χ3v) is 1.65. The first-order valence-corrected chi connectivity index (χ1v) is 4.02. The summed E-state index contributed by atoms with van der Waals surface area (Å²) >= 11 is 0. The molecule has 0 aromatic heterocycles. The molecular weight excluding hydrogens is 132 g/mol. The average molecular weight is 146 g/mol. The van der Waals surface area contributed by atoms with Crippen LogP contribution in [0.1, 0.15) is 13.8 Å². The molecule has 0 heteroatoms. The minimum absolute atomic E-state index is 0.564. The molecule has 0 saturated carbocycles. The van der Waals surface area contributed by atoms with Crippen LogP contribution in [0.4, 0.5) is 0 Å². The summed E-state index contributed by atoms with van der Waals surface area (Å²) in [6.07, 6.45) is 15.0. The Balaban J connectivity index is 2.76. The second-order valence-corrected chi connectivity index (χ2v) is 2.77. The molecule has 0 fully saturated rings. The largest absolute Gasteiger partial charge is 0.0871 e. The fraction of sp³-hybridized carbons (Fsp3) is 0.273. The van der Waals surface area contributed by atoms with Gasteiger partial charge in [0.05, 0.1) is 0 Å². The molecule has 1 unspecified atom stereocenters. The van der Waals surface area contributed by atoms with E-state index < -0.39 is 0 Å². The van der Waals surface area contributed by atoms with E-state index in [1.807, 2.05) is 6.92 Å². The molecule has 1 atom stereocenters. The lowest BCUT2D eigenvalue weighted by molar-refractivity contribution is 0.942. The summed E-state index contributed by atoms with van der Waals surface area (Å²) in [5.74, 6) is 0.564. The topological polar surface area (TPSA) is 0 Å². The predicted molar refractivity (Wildman–Crippen MR) is 50.3 cm³/mol. The van der Waals surface area contributed by atoms with Crippen LogP contribution in [0, 0.1) is 5.92 Å². The lowest BCUT2D eigenvalue weighted by Gasteiger charge is -1.92. The fourth-order valence-electron chi connectivity index (χ4n) is 1.03. The van der Waals surface area contributed by atoms with Gasteiger partial charge in [-0.1, -0.05) is 49.5 Å². The van der Waals surface area contributed by atoms with Crippen molar-refractivity contribution in [1.29, 1.82) is 0 Å². The Morgan fingerprint density at radius 2 is 2.18 bits per heavy atom. The molecule has 0 radical (unpaired) electrons. The van der Waals surface area contributed by atoms with Gasteiger partial charge in [0.25, 0.3) is 0 Å². The maximum Gasteiger partial charge on any atom is -0.00754 e. The zero-order valence-electron chi connectivity index (χ0n) is 7.12. The highest BCUT2D eigenvalue weighted by atomic mass is 14.0. The maximum absolute atomic E-state index is 2.20. The summed E-state index contributed by atoms with van der Waals surface area (Å²) in [7, 11) is 0. The van der Waals surface area contributed by atoms with Gasteiger partial charge in [-0.3, -0.25) is 0 Å². The molecule has 0 nitrogen and oxygen atoms in total. The van der Waals surface area contributed by atoms with Gasteiger partial charge in [-0.25, -0.2) is 0 Å². The van der Waals surface area contributed by atoms with Crippen LogP contribution >= 0.6 is 0 Å². The van der Waals surface area contributed by atoms with Crippen LogP contribution in [0.25, 0.3) is 0 Å². The number of hydrogen-bond acceptors (Lipinski definition) is 0. The van der Waals surface area contributed by atoms with E-state index in [0.29, 0.717) is 5.92 Å². The zero-order chi connectivity index (χ0) is 8.10. The van der Waals surface area contributed by atoms with Crippen molar-refractivity contribution >= 4 is 0 Å². The Kier molecular flexibility index (Phi) is 2.91. The van der Waals surface area contributed by atoms with Gasteiger partial charge in [-0.2, -0.15) is 0 Å². The highest BCUT2D eigenvalue weighted by Crippen LogP contribution is 2.09. The van der Waals surface area contributed by atoms with E-state index in [0.717, 1.165) is 0 Å². The van der Waals surface area contributed by atoms with Gasteiger partial charge in [0.1, 0.15) is 0 Å². The van der Waals surface area contributed by atoms with E-state index in [-0.39, 0.29) is 0 Å². The lowest BCUT2D eigenvalue weighted by Crippen LogP contribution is -1.78. The second-order valence-electron chi connectivity index (χ2n) is 2.77. The molecule has 1 aliphatic rings. The standard InChI is InChI=1S/C11H14/c1-3-5-11-7-4-6-10(2)8-9-11/h3-10H,1-2H3/b5-3+. The van der Waals surface area contributed by atoms with Crippen LogP contribution in [0.5, 0.6) is 0 Å². The SMILES string of the molecule is C/C=C/C1=CC=CC(C)C=C1.